The lowest BCUT2D eigenvalue weighted by Gasteiger charge is -2.33. The predicted molar refractivity (Wildman–Crippen MR) is 92.9 cm³/mol. The second-order valence-electron chi connectivity index (χ2n) is 8.12. The van der Waals surface area contributed by atoms with E-state index in [2.05, 4.69) is 17.0 Å². The molecule has 1 aromatic heterocycles. The maximum atomic E-state index is 12.8. The fourth-order valence-corrected chi connectivity index (χ4v) is 4.45. The van der Waals surface area contributed by atoms with Gasteiger partial charge in [0.15, 0.2) is 0 Å². The zero-order chi connectivity index (χ0) is 17.4. The van der Waals surface area contributed by atoms with Crippen molar-refractivity contribution in [3.63, 3.8) is 0 Å². The highest BCUT2D eigenvalue weighted by Crippen LogP contribution is 2.35. The molecule has 3 fully saturated rings. The zero-order valence-corrected chi connectivity index (χ0v) is 15.3. The molecule has 25 heavy (non-hydrogen) atoms. The van der Waals surface area contributed by atoms with Crippen LogP contribution in [0.2, 0.25) is 0 Å². The van der Waals surface area contributed by atoms with Crippen molar-refractivity contribution in [3.05, 3.63) is 17.5 Å². The lowest BCUT2D eigenvalue weighted by Crippen LogP contribution is -2.44. The largest absolute Gasteiger partial charge is 0.364 e. The van der Waals surface area contributed by atoms with E-state index in [1.807, 2.05) is 17.9 Å². The van der Waals surface area contributed by atoms with Crippen LogP contribution >= 0.6 is 0 Å². The Bertz CT molecular complexity index is 609. The lowest BCUT2D eigenvalue weighted by atomic mass is 9.91. The summed E-state index contributed by atoms with van der Waals surface area (Å²) in [5, 5.41) is 4.09. The van der Waals surface area contributed by atoms with Crippen molar-refractivity contribution in [2.45, 2.75) is 58.3 Å². The molecule has 3 saturated heterocycles. The van der Waals surface area contributed by atoms with Gasteiger partial charge in [0.2, 0.25) is 0 Å². The minimum Gasteiger partial charge on any atom is -0.364 e. The van der Waals surface area contributed by atoms with E-state index in [9.17, 15) is 4.79 Å². The van der Waals surface area contributed by atoms with Crippen LogP contribution in [0.25, 0.3) is 0 Å². The first kappa shape index (κ1) is 17.0. The summed E-state index contributed by atoms with van der Waals surface area (Å²) in [4.78, 5) is 17.2. The average Bonchev–Trinajstić information content (AvgIpc) is 3.20. The van der Waals surface area contributed by atoms with Gasteiger partial charge in [0.05, 0.1) is 11.8 Å². The van der Waals surface area contributed by atoms with Gasteiger partial charge in [-0.05, 0) is 51.0 Å². The van der Waals surface area contributed by atoms with Crippen LogP contribution in [-0.2, 0) is 16.1 Å². The molecule has 6 heteroatoms. The number of likely N-dealkylation sites (tertiary alicyclic amines) is 2. The van der Waals surface area contributed by atoms with Crippen LogP contribution in [-0.4, -0.2) is 59.3 Å². The molecule has 3 aliphatic rings. The Kier molecular flexibility index (Phi) is 4.82. The number of aromatic nitrogens is 1. The molecule has 0 radical (unpaired) electrons. The summed E-state index contributed by atoms with van der Waals surface area (Å²) >= 11 is 0. The molecule has 138 valence electrons. The molecule has 6 nitrogen and oxygen atoms in total. The molecule has 0 saturated carbocycles. The minimum atomic E-state index is -0.224. The maximum absolute atomic E-state index is 12.8. The minimum absolute atomic E-state index is 0.180. The molecule has 1 aromatic rings. The predicted octanol–water partition coefficient (Wildman–Crippen LogP) is 2.22. The van der Waals surface area contributed by atoms with Crippen LogP contribution in [0.1, 0.15) is 44.1 Å². The molecular weight excluding hydrogens is 318 g/mol. The van der Waals surface area contributed by atoms with Crippen molar-refractivity contribution < 1.29 is 14.1 Å². The Balaban J connectivity index is 1.31. The Labute approximate surface area is 149 Å². The molecule has 4 heterocycles. The second-order valence-corrected chi connectivity index (χ2v) is 8.12. The zero-order valence-electron chi connectivity index (χ0n) is 15.3. The smallest absolute Gasteiger partial charge is 0.251 e. The van der Waals surface area contributed by atoms with Gasteiger partial charge in [0, 0.05) is 32.2 Å². The molecule has 0 N–H and O–H groups in total. The van der Waals surface area contributed by atoms with E-state index < -0.39 is 0 Å². The second kappa shape index (κ2) is 7.08. The highest BCUT2D eigenvalue weighted by Gasteiger charge is 2.43. The summed E-state index contributed by atoms with van der Waals surface area (Å²) in [7, 11) is 0. The lowest BCUT2D eigenvalue weighted by molar-refractivity contribution is -0.145. The van der Waals surface area contributed by atoms with Crippen molar-refractivity contribution in [1.29, 1.82) is 0 Å². The number of hydrogen-bond donors (Lipinski definition) is 0. The van der Waals surface area contributed by atoms with Crippen LogP contribution in [0.3, 0.4) is 0 Å². The summed E-state index contributed by atoms with van der Waals surface area (Å²) in [6.07, 6.45) is 4.19. The number of amides is 1. The van der Waals surface area contributed by atoms with Gasteiger partial charge in [0.1, 0.15) is 11.9 Å². The monoisotopic (exact) mass is 347 g/mol. The van der Waals surface area contributed by atoms with Gasteiger partial charge in [0.25, 0.3) is 5.91 Å². The van der Waals surface area contributed by atoms with Gasteiger partial charge in [-0.15, -0.1) is 0 Å². The van der Waals surface area contributed by atoms with Crippen molar-refractivity contribution in [3.8, 4) is 0 Å². The number of fused-ring (bicyclic) bond motifs is 1. The van der Waals surface area contributed by atoms with Crippen molar-refractivity contribution in [2.75, 3.05) is 26.2 Å². The molecule has 0 spiro atoms. The Morgan fingerprint density at radius 2 is 2.08 bits per heavy atom. The quantitative estimate of drug-likeness (QED) is 0.839. The van der Waals surface area contributed by atoms with Crippen molar-refractivity contribution in [1.82, 2.24) is 15.0 Å². The van der Waals surface area contributed by atoms with E-state index in [-0.39, 0.29) is 18.1 Å². The van der Waals surface area contributed by atoms with Gasteiger partial charge >= 0.3 is 0 Å². The first-order valence-corrected chi connectivity index (χ1v) is 9.67. The van der Waals surface area contributed by atoms with Gasteiger partial charge in [-0.1, -0.05) is 12.1 Å². The van der Waals surface area contributed by atoms with Crippen LogP contribution in [0.4, 0.5) is 0 Å². The number of carbonyl (C=O) groups is 1. The third-order valence-electron chi connectivity index (χ3n) is 6.07. The summed E-state index contributed by atoms with van der Waals surface area (Å²) in [5.41, 5.74) is 0.976. The first-order valence-electron chi connectivity index (χ1n) is 9.67. The summed E-state index contributed by atoms with van der Waals surface area (Å²) in [6.45, 7) is 8.70. The molecule has 0 bridgehead atoms. The highest BCUT2D eigenvalue weighted by atomic mass is 16.5. The molecular formula is C19H29N3O3. The number of aryl methyl sites for hydroxylation is 1. The van der Waals surface area contributed by atoms with E-state index in [1.54, 1.807) is 0 Å². The topological polar surface area (TPSA) is 58.8 Å². The fraction of sp³-hybridized carbons (Fsp3) is 0.789. The number of hydrogen-bond acceptors (Lipinski definition) is 5. The van der Waals surface area contributed by atoms with Crippen LogP contribution < -0.4 is 0 Å². The van der Waals surface area contributed by atoms with E-state index >= 15 is 0 Å². The van der Waals surface area contributed by atoms with Gasteiger partial charge in [-0.25, -0.2) is 0 Å². The van der Waals surface area contributed by atoms with Gasteiger partial charge in [-0.2, -0.15) is 0 Å². The summed E-state index contributed by atoms with van der Waals surface area (Å²) in [5.74, 6) is 2.33. The van der Waals surface area contributed by atoms with E-state index in [0.717, 1.165) is 75.8 Å². The van der Waals surface area contributed by atoms with Crippen LogP contribution in [0.5, 0.6) is 0 Å². The van der Waals surface area contributed by atoms with E-state index in [0.29, 0.717) is 5.92 Å². The Morgan fingerprint density at radius 1 is 1.28 bits per heavy atom. The number of ether oxygens (including phenoxy) is 1. The summed E-state index contributed by atoms with van der Waals surface area (Å²) in [6, 6.07) is 1.99. The van der Waals surface area contributed by atoms with Crippen LogP contribution in [0.15, 0.2) is 10.6 Å². The van der Waals surface area contributed by atoms with Gasteiger partial charge in [-0.3, -0.25) is 9.69 Å². The highest BCUT2D eigenvalue weighted by molar-refractivity contribution is 5.81. The van der Waals surface area contributed by atoms with Gasteiger partial charge < -0.3 is 14.2 Å². The molecule has 4 rings (SSSR count). The molecule has 0 unspecified atom stereocenters. The molecule has 3 aliphatic heterocycles. The van der Waals surface area contributed by atoms with E-state index in [1.165, 1.54) is 0 Å². The first-order chi connectivity index (χ1) is 12.1. The maximum Gasteiger partial charge on any atom is 0.251 e. The van der Waals surface area contributed by atoms with Crippen LogP contribution in [0, 0.1) is 18.8 Å². The molecule has 1 amide bonds. The Morgan fingerprint density at radius 3 is 2.80 bits per heavy atom. The third-order valence-corrected chi connectivity index (χ3v) is 6.07. The van der Waals surface area contributed by atoms with Crippen molar-refractivity contribution in [2.24, 2.45) is 11.8 Å². The number of piperidine rings is 2. The standard InChI is InChI=1S/C19H29N3O3/c1-13-3-7-22(8-4-13)19(23)17-10-15-5-6-21(12-18(15)24-17)11-16-9-14(2)25-20-16/h9,13,15,17-18H,3-8,10-12H2,1-2H3/t15-,17-,18+/m1/s1. The number of nitrogens with zero attached hydrogens (tertiary/aromatic N) is 3. The average molecular weight is 347 g/mol. The number of carbonyl (C=O) groups excluding carboxylic acids is 1. The summed E-state index contributed by atoms with van der Waals surface area (Å²) < 4.78 is 11.4. The Hall–Kier alpha value is -1.40. The molecule has 3 atom stereocenters. The molecule has 0 aromatic carbocycles. The van der Waals surface area contributed by atoms with Crippen molar-refractivity contribution >= 4 is 5.91 Å². The fourth-order valence-electron chi connectivity index (χ4n) is 4.45. The number of rotatable bonds is 3. The third kappa shape index (κ3) is 3.75. The normalized spacial score (nSPS) is 31.3. The SMILES string of the molecule is Cc1cc(CN2CC[C@@H]3C[C@H](C(=O)N4CCC(C)CC4)O[C@H]3C2)no1. The van der Waals surface area contributed by atoms with E-state index in [4.69, 9.17) is 9.26 Å². The molecule has 0 aliphatic carbocycles.